The maximum Gasteiger partial charge on any atom is 0.272 e. The molecule has 1 aromatic heterocycles. The third kappa shape index (κ3) is 3.96. The lowest BCUT2D eigenvalue weighted by molar-refractivity contribution is 0.0427. The Balaban J connectivity index is 1.43. The van der Waals surface area contributed by atoms with E-state index in [-0.39, 0.29) is 11.9 Å². The highest BCUT2D eigenvalue weighted by Gasteiger charge is 2.38. The van der Waals surface area contributed by atoms with Gasteiger partial charge in [-0.2, -0.15) is 5.10 Å². The van der Waals surface area contributed by atoms with Gasteiger partial charge in [-0.05, 0) is 42.7 Å². The van der Waals surface area contributed by atoms with Crippen molar-refractivity contribution in [1.82, 2.24) is 20.0 Å². The van der Waals surface area contributed by atoms with Crippen LogP contribution in [0.25, 0.3) is 11.3 Å². The summed E-state index contributed by atoms with van der Waals surface area (Å²) in [6.45, 7) is 2.47. The van der Waals surface area contributed by atoms with Gasteiger partial charge in [0.25, 0.3) is 5.91 Å². The molecule has 1 aliphatic carbocycles. The molecular formula is C25H28N4O3. The first-order valence-corrected chi connectivity index (χ1v) is 11.1. The fraction of sp³-hybridized carbons (Fsp3) is 0.360. The predicted octanol–water partition coefficient (Wildman–Crippen LogP) is 3.76. The molecule has 1 saturated heterocycles. The monoisotopic (exact) mass is 432 g/mol. The van der Waals surface area contributed by atoms with E-state index < -0.39 is 0 Å². The standard InChI is InChI=1S/C25H28N4O3/c1-31-19-10-11-24(32-2)20(14-19)21-15-22(27-26-21)25(30)29-13-12-28(18-8-9-18)16-23(29)17-6-4-3-5-7-17/h3-7,10-11,14-15,18,23H,8-9,12-13,16H2,1-2H3,(H,26,27). The van der Waals surface area contributed by atoms with Crippen molar-refractivity contribution < 1.29 is 14.3 Å². The van der Waals surface area contributed by atoms with Gasteiger partial charge in [-0.3, -0.25) is 14.8 Å². The van der Waals surface area contributed by atoms with Crippen LogP contribution < -0.4 is 9.47 Å². The zero-order valence-electron chi connectivity index (χ0n) is 18.5. The number of hydrogen-bond acceptors (Lipinski definition) is 5. The first-order chi connectivity index (χ1) is 15.7. The van der Waals surface area contributed by atoms with E-state index in [4.69, 9.17) is 9.47 Å². The van der Waals surface area contributed by atoms with Crippen LogP contribution in [0.5, 0.6) is 11.5 Å². The Labute approximate surface area is 187 Å². The van der Waals surface area contributed by atoms with Gasteiger partial charge in [-0.1, -0.05) is 30.3 Å². The topological polar surface area (TPSA) is 70.7 Å². The highest BCUT2D eigenvalue weighted by Crippen LogP contribution is 2.35. The maximum atomic E-state index is 13.6. The average Bonchev–Trinajstić information content (AvgIpc) is 3.59. The van der Waals surface area contributed by atoms with Gasteiger partial charge in [-0.15, -0.1) is 0 Å². The Bertz CT molecular complexity index is 1090. The van der Waals surface area contributed by atoms with Gasteiger partial charge in [0.2, 0.25) is 0 Å². The van der Waals surface area contributed by atoms with Crippen molar-refractivity contribution in [2.24, 2.45) is 0 Å². The number of benzene rings is 2. The van der Waals surface area contributed by atoms with E-state index in [9.17, 15) is 4.79 Å². The lowest BCUT2D eigenvalue weighted by Crippen LogP contribution is -2.51. The molecule has 2 aliphatic rings. The van der Waals surface area contributed by atoms with Gasteiger partial charge < -0.3 is 14.4 Å². The molecule has 5 rings (SSSR count). The number of methoxy groups -OCH3 is 2. The number of carbonyl (C=O) groups excluding carboxylic acids is 1. The second-order valence-electron chi connectivity index (χ2n) is 8.38. The van der Waals surface area contributed by atoms with Crippen LogP contribution in [0.1, 0.15) is 34.9 Å². The quantitative estimate of drug-likeness (QED) is 0.642. The van der Waals surface area contributed by atoms with Crippen molar-refractivity contribution in [2.75, 3.05) is 33.9 Å². The Kier molecular flexibility index (Phi) is 5.57. The van der Waals surface area contributed by atoms with Crippen molar-refractivity contribution in [1.29, 1.82) is 0 Å². The molecule has 7 nitrogen and oxygen atoms in total. The van der Waals surface area contributed by atoms with E-state index in [1.165, 1.54) is 18.4 Å². The number of hydrogen-bond donors (Lipinski definition) is 1. The normalized spacial score (nSPS) is 19.1. The van der Waals surface area contributed by atoms with Gasteiger partial charge in [0.15, 0.2) is 0 Å². The van der Waals surface area contributed by atoms with Crippen LogP contribution in [0.4, 0.5) is 0 Å². The number of ether oxygens (including phenoxy) is 2. The molecule has 1 N–H and O–H groups in total. The summed E-state index contributed by atoms with van der Waals surface area (Å²) in [5.41, 5.74) is 3.07. The van der Waals surface area contributed by atoms with Crippen LogP contribution >= 0.6 is 0 Å². The van der Waals surface area contributed by atoms with Crippen LogP contribution in [0.2, 0.25) is 0 Å². The van der Waals surface area contributed by atoms with Crippen LogP contribution in [0.15, 0.2) is 54.6 Å². The minimum atomic E-state index is -0.0325. The molecular weight excluding hydrogens is 404 g/mol. The van der Waals surface area contributed by atoms with E-state index in [1.807, 2.05) is 41.3 Å². The number of carbonyl (C=O) groups is 1. The van der Waals surface area contributed by atoms with Gasteiger partial charge >= 0.3 is 0 Å². The maximum absolute atomic E-state index is 13.6. The summed E-state index contributed by atoms with van der Waals surface area (Å²) >= 11 is 0. The number of H-pyrrole nitrogens is 1. The van der Waals surface area contributed by atoms with E-state index in [0.717, 1.165) is 18.7 Å². The lowest BCUT2D eigenvalue weighted by Gasteiger charge is -2.41. The number of rotatable bonds is 6. The predicted molar refractivity (Wildman–Crippen MR) is 122 cm³/mol. The summed E-state index contributed by atoms with van der Waals surface area (Å²) in [6.07, 6.45) is 2.53. The van der Waals surface area contributed by atoms with Crippen molar-refractivity contribution >= 4 is 5.91 Å². The summed E-state index contributed by atoms with van der Waals surface area (Å²) in [5.74, 6) is 1.35. The molecule has 2 heterocycles. The summed E-state index contributed by atoms with van der Waals surface area (Å²) in [7, 11) is 3.24. The molecule has 2 fully saturated rings. The average molecular weight is 433 g/mol. The summed E-state index contributed by atoms with van der Waals surface area (Å²) in [6, 6.07) is 18.4. The van der Waals surface area contributed by atoms with Crippen molar-refractivity contribution in [2.45, 2.75) is 24.9 Å². The SMILES string of the molecule is COc1ccc(OC)c(-c2cc(C(=O)N3CCN(C4CC4)CC3c3ccccc3)[nH]n2)c1. The third-order valence-corrected chi connectivity index (χ3v) is 6.41. The third-order valence-electron chi connectivity index (χ3n) is 6.41. The molecule has 2 aromatic carbocycles. The van der Waals surface area contributed by atoms with Crippen LogP contribution in [-0.4, -0.2) is 65.8 Å². The number of aromatic nitrogens is 2. The zero-order valence-corrected chi connectivity index (χ0v) is 18.5. The second kappa shape index (κ2) is 8.67. The Morgan fingerprint density at radius 3 is 2.56 bits per heavy atom. The van der Waals surface area contributed by atoms with Gasteiger partial charge in [-0.25, -0.2) is 0 Å². The summed E-state index contributed by atoms with van der Waals surface area (Å²) in [4.78, 5) is 18.1. The highest BCUT2D eigenvalue weighted by molar-refractivity contribution is 5.94. The molecule has 0 spiro atoms. The molecule has 1 saturated carbocycles. The minimum absolute atomic E-state index is 0.0242. The molecule has 1 amide bonds. The zero-order chi connectivity index (χ0) is 22.1. The highest BCUT2D eigenvalue weighted by atomic mass is 16.5. The molecule has 1 unspecified atom stereocenters. The van der Waals surface area contributed by atoms with Crippen LogP contribution in [0.3, 0.4) is 0 Å². The smallest absolute Gasteiger partial charge is 0.272 e. The fourth-order valence-corrected chi connectivity index (χ4v) is 4.52. The fourth-order valence-electron chi connectivity index (χ4n) is 4.52. The summed E-state index contributed by atoms with van der Waals surface area (Å²) in [5, 5.41) is 7.38. The Morgan fingerprint density at radius 2 is 1.84 bits per heavy atom. The first-order valence-electron chi connectivity index (χ1n) is 11.1. The largest absolute Gasteiger partial charge is 0.497 e. The van der Waals surface area contributed by atoms with Gasteiger partial charge in [0, 0.05) is 31.2 Å². The number of amides is 1. The van der Waals surface area contributed by atoms with Crippen molar-refractivity contribution in [3.05, 3.63) is 65.9 Å². The Hall–Kier alpha value is -3.32. The molecule has 1 aliphatic heterocycles. The molecule has 0 bridgehead atoms. The van der Waals surface area contributed by atoms with E-state index in [0.29, 0.717) is 35.5 Å². The number of nitrogens with one attached hydrogen (secondary N) is 1. The van der Waals surface area contributed by atoms with Gasteiger partial charge in [0.1, 0.15) is 17.2 Å². The van der Waals surface area contributed by atoms with Crippen molar-refractivity contribution in [3.8, 4) is 22.8 Å². The number of aromatic amines is 1. The Morgan fingerprint density at radius 1 is 1.03 bits per heavy atom. The molecule has 1 atom stereocenters. The van der Waals surface area contributed by atoms with E-state index >= 15 is 0 Å². The number of nitrogens with zero attached hydrogens (tertiary/aromatic N) is 3. The molecule has 7 heteroatoms. The first kappa shape index (κ1) is 20.6. The minimum Gasteiger partial charge on any atom is -0.497 e. The van der Waals surface area contributed by atoms with Crippen molar-refractivity contribution in [3.63, 3.8) is 0 Å². The number of piperazine rings is 1. The molecule has 3 aromatic rings. The molecule has 0 radical (unpaired) electrons. The van der Waals surface area contributed by atoms with E-state index in [2.05, 4.69) is 27.2 Å². The van der Waals surface area contributed by atoms with Crippen LogP contribution in [-0.2, 0) is 0 Å². The van der Waals surface area contributed by atoms with E-state index in [1.54, 1.807) is 20.3 Å². The van der Waals surface area contributed by atoms with Crippen LogP contribution in [0, 0.1) is 0 Å². The second-order valence-corrected chi connectivity index (χ2v) is 8.38. The van der Waals surface area contributed by atoms with Gasteiger partial charge in [0.05, 0.1) is 26.0 Å². The lowest BCUT2D eigenvalue weighted by atomic mass is 10.0. The molecule has 166 valence electrons. The summed E-state index contributed by atoms with van der Waals surface area (Å²) < 4.78 is 10.8. The molecule has 32 heavy (non-hydrogen) atoms.